The zero-order valence-corrected chi connectivity index (χ0v) is 79.4. The molecule has 7 rings (SSSR count). The lowest BCUT2D eigenvalue weighted by atomic mass is 9.68. The van der Waals surface area contributed by atoms with Crippen LogP contribution in [0.5, 0.6) is 11.5 Å². The maximum Gasteiger partial charge on any atom is 0.306 e. The maximum absolute atomic E-state index is 14.3. The molecule has 3 fully saturated rings. The minimum Gasteiger partial charge on any atom is -0.497 e. The van der Waals surface area contributed by atoms with E-state index < -0.39 is 107 Å². The molecule has 3 heterocycles. The topological polar surface area (TPSA) is 433 Å². The summed E-state index contributed by atoms with van der Waals surface area (Å²) in [5.74, 6) is -4.75. The van der Waals surface area contributed by atoms with Gasteiger partial charge in [-0.2, -0.15) is 0 Å². The van der Waals surface area contributed by atoms with Crippen molar-refractivity contribution >= 4 is 76.6 Å². The van der Waals surface area contributed by atoms with Gasteiger partial charge in [0.25, 0.3) is 5.91 Å². The van der Waals surface area contributed by atoms with Crippen LogP contribution in [0, 0.1) is 22.7 Å². The molecule has 0 spiro atoms. The number of methoxy groups -OCH3 is 2. The van der Waals surface area contributed by atoms with Crippen LogP contribution in [0.2, 0.25) is 0 Å². The summed E-state index contributed by atoms with van der Waals surface area (Å²) in [5.41, 5.74) is 0.0508. The van der Waals surface area contributed by atoms with Crippen molar-refractivity contribution in [2.75, 3.05) is 151 Å². The number of rotatable bonds is 64. The number of unbranched alkanes of at least 4 members (excludes halogenated alkanes) is 5. The van der Waals surface area contributed by atoms with Crippen molar-refractivity contribution in [1.82, 2.24) is 20.9 Å². The lowest BCUT2D eigenvalue weighted by Crippen LogP contribution is -2.62. The molecule has 4 unspecified atom stereocenters. The normalized spacial score (nSPS) is 21.1. The van der Waals surface area contributed by atoms with Gasteiger partial charge >= 0.3 is 29.8 Å². The number of ketones is 2. The van der Waals surface area contributed by atoms with Gasteiger partial charge in [0.05, 0.1) is 138 Å². The highest BCUT2D eigenvalue weighted by molar-refractivity contribution is 6.03. The highest BCUT2D eigenvalue weighted by Gasteiger charge is 2.56. The molecule has 35 heteroatoms. The second-order valence-corrected chi connectivity index (χ2v) is 34.0. The highest BCUT2D eigenvalue weighted by atomic mass is 16.7. The molecule has 0 radical (unpaired) electrons. The second kappa shape index (κ2) is 58.4. The Morgan fingerprint density at radius 2 is 0.977 bits per heavy atom. The second-order valence-electron chi connectivity index (χ2n) is 34.0. The van der Waals surface area contributed by atoms with Crippen molar-refractivity contribution in [2.45, 2.75) is 233 Å². The van der Waals surface area contributed by atoms with Crippen LogP contribution in [0.1, 0.15) is 216 Å². The molecule has 0 saturated carbocycles. The molecule has 738 valence electrons. The van der Waals surface area contributed by atoms with Gasteiger partial charge in [-0.1, -0.05) is 129 Å². The number of carbonyl (C=O) groups is 12. The fourth-order valence-corrected chi connectivity index (χ4v) is 16.1. The fourth-order valence-electron chi connectivity index (χ4n) is 16.1. The molecule has 5 N–H and O–H groups in total. The number of ether oxygens (including phenoxy) is 17. The minimum atomic E-state index is -1.19. The van der Waals surface area contributed by atoms with Gasteiger partial charge in [-0.15, -0.1) is 0 Å². The summed E-state index contributed by atoms with van der Waals surface area (Å²) >= 11 is 0. The zero-order chi connectivity index (χ0) is 96.7. The minimum absolute atomic E-state index is 0.0385. The smallest absolute Gasteiger partial charge is 0.306 e. The molecular formula is C98H141N5O30. The fraction of sp³-hybridized carbons (Fsp3) is 0.633. The van der Waals surface area contributed by atoms with Crippen LogP contribution >= 0.6 is 0 Å². The number of aliphatic carboxylic acids is 1. The molecular weight excluding hydrogens is 1730 g/mol. The van der Waals surface area contributed by atoms with Crippen LogP contribution in [0.4, 0.5) is 5.69 Å². The average Bonchev–Trinajstić information content (AvgIpc) is 1.68. The quantitative estimate of drug-likeness (QED) is 0.00901. The molecule has 3 aliphatic rings. The Hall–Kier alpha value is -9.92. The number of likely N-dealkylation sites (tertiary alicyclic amines) is 1. The van der Waals surface area contributed by atoms with Gasteiger partial charge in [-0.05, 0) is 84.8 Å². The van der Waals surface area contributed by atoms with Gasteiger partial charge in [0.15, 0.2) is 18.4 Å². The first-order valence-electron chi connectivity index (χ1n) is 46.4. The lowest BCUT2D eigenvalue weighted by molar-refractivity contribution is -0.264. The van der Waals surface area contributed by atoms with Crippen LogP contribution in [0.3, 0.4) is 0 Å². The number of hydrogen-bond donors (Lipinski definition) is 5. The van der Waals surface area contributed by atoms with Crippen molar-refractivity contribution < 1.29 is 143 Å². The van der Waals surface area contributed by atoms with E-state index in [4.69, 9.17) is 80.5 Å². The Kier molecular flexibility index (Phi) is 48.3. The van der Waals surface area contributed by atoms with E-state index >= 15 is 0 Å². The number of anilines is 1. The number of nitrogens with one attached hydrogen (secondary N) is 4. The number of Topliss-reactive ketones (excluding diaryl/α,β-unsaturated/α-hetero) is 2. The van der Waals surface area contributed by atoms with Crippen molar-refractivity contribution in [2.24, 2.45) is 22.7 Å². The first-order chi connectivity index (χ1) is 63.9. The number of amides is 5. The van der Waals surface area contributed by atoms with Gasteiger partial charge in [-0.25, -0.2) is 0 Å². The van der Waals surface area contributed by atoms with E-state index in [1.165, 1.54) is 39.0 Å². The number of carboxylic acid groups (broad SMARTS) is 1. The lowest BCUT2D eigenvalue weighted by Gasteiger charge is -2.45. The summed E-state index contributed by atoms with van der Waals surface area (Å²) in [5, 5.41) is 20.7. The summed E-state index contributed by atoms with van der Waals surface area (Å²) < 4.78 is 99.4. The summed E-state index contributed by atoms with van der Waals surface area (Å²) in [6, 6.07) is 28.2. The number of carboxylic acids is 1. The Bertz CT molecular complexity index is 4240. The summed E-state index contributed by atoms with van der Waals surface area (Å²) in [4.78, 5) is 156. The first kappa shape index (κ1) is 110. The number of hydrogen-bond acceptors (Lipinski definition) is 29. The van der Waals surface area contributed by atoms with E-state index in [1.807, 2.05) is 111 Å². The predicted molar refractivity (Wildman–Crippen MR) is 486 cm³/mol. The largest absolute Gasteiger partial charge is 0.497 e. The average molecular weight is 1870 g/mol. The zero-order valence-electron chi connectivity index (χ0n) is 79.4. The van der Waals surface area contributed by atoms with Gasteiger partial charge in [0.1, 0.15) is 53.8 Å². The van der Waals surface area contributed by atoms with Gasteiger partial charge in [0, 0.05) is 131 Å². The summed E-state index contributed by atoms with van der Waals surface area (Å²) in [7, 11) is 3.20. The molecule has 4 aromatic carbocycles. The van der Waals surface area contributed by atoms with Crippen molar-refractivity contribution in [3.8, 4) is 11.5 Å². The molecule has 3 saturated heterocycles. The van der Waals surface area contributed by atoms with E-state index in [0.717, 1.165) is 42.4 Å². The Morgan fingerprint density at radius 3 is 1.52 bits per heavy atom. The molecule has 5 amide bonds. The number of nitrogens with zero attached hydrogens (tertiary/aromatic N) is 1. The molecule has 0 bridgehead atoms. The molecule has 3 aliphatic heterocycles. The Morgan fingerprint density at radius 1 is 0.481 bits per heavy atom. The summed E-state index contributed by atoms with van der Waals surface area (Å²) in [6.07, 6.45) is 0.918. The van der Waals surface area contributed by atoms with Crippen molar-refractivity contribution in [3.63, 3.8) is 0 Å². The number of carbonyl (C=O) groups excluding carboxylic acids is 11. The van der Waals surface area contributed by atoms with E-state index in [0.29, 0.717) is 37.2 Å². The van der Waals surface area contributed by atoms with Crippen molar-refractivity contribution in [3.05, 3.63) is 125 Å². The SMILES string of the molecule is CCC(=O)N[C@H]1C(OCCOCCOCCOCCNC(=O)c2cc(NC(=O)CCC(=O)CCCCCCCCC(=O)N3CC(C)(COC(=O)CCC(=O)O)C(C)(COC(c4ccccc4)(c4ccc(OC)cc4)c4ccc(OC)cc4)C3)cc(C(=O)CCCOCCOCCOCCOC3O[C@H](CC)[C@H](C)[C@H](OC(C)=O)[C@H]3NC(=O)CC)c2)O[C@H](COC(C)=O)[C@H](OC(C)=O)[C@@H]1C. The molecule has 4 aromatic rings. The highest BCUT2D eigenvalue weighted by Crippen LogP contribution is 2.51. The standard InChI is InChI=1S/C98H141N5O30/c1-13-81-66(4)92(131-70(8)106)90(102-84(110)15-3)95(132-81)126-57-55-124-52-50-121-48-46-119-44-25-29-80(108)71-58-72(93(116)99-43-45-120-47-49-122-51-53-123-54-56-125-94-89(101-83(109)14-2)67(5)91(130-69(7)105)82(133-94)61-127-68(6)104)60-76(59-71)100-85(111)40-35-77(107)28-23-18-16-17-19-24-30-86(112)103-62-96(9,64-128-88(115)42-41-87(113)114)97(10,63-103)65-129-98(73-26-21-20-22-27-73,74-31-36-78(117-11)37-32-74)75-33-38-79(118-12)39-34-75/h20-22,26-27,31-34,36-39,58-60,66-67,81-82,89-92,94-95H,13-19,23-25,28-30,35,40-57,61-65H2,1-12H3,(H,99,116)(H,100,111)(H,101,109)(H,102,110)(H,113,114)/t66-,67+,81+,82+,89+,90+,91+,92-,94?,95?,96?,97?/m0/s1. The molecule has 0 aliphatic carbocycles. The van der Waals surface area contributed by atoms with Crippen LogP contribution in [-0.4, -0.2) is 276 Å². The van der Waals surface area contributed by atoms with Gasteiger partial charge < -0.3 is 112 Å². The van der Waals surface area contributed by atoms with Crippen LogP contribution in [0.15, 0.2) is 97.1 Å². The first-order valence-corrected chi connectivity index (χ1v) is 46.4. The van der Waals surface area contributed by atoms with Crippen LogP contribution in [0.25, 0.3) is 0 Å². The predicted octanol–water partition coefficient (Wildman–Crippen LogP) is 10.6. The van der Waals surface area contributed by atoms with E-state index in [-0.39, 0.29) is 248 Å². The molecule has 0 aromatic heterocycles. The van der Waals surface area contributed by atoms with Crippen LogP contribution in [-0.2, 0) is 125 Å². The van der Waals surface area contributed by atoms with E-state index in [9.17, 15) is 62.6 Å². The third kappa shape index (κ3) is 36.3. The Balaban J connectivity index is 0.855. The van der Waals surface area contributed by atoms with Crippen LogP contribution < -0.4 is 30.7 Å². The maximum atomic E-state index is 14.3. The molecule has 133 heavy (non-hydrogen) atoms. The van der Waals surface area contributed by atoms with E-state index in [1.54, 1.807) is 35.0 Å². The Labute approximate surface area is 780 Å². The molecule has 12 atom stereocenters. The third-order valence-corrected chi connectivity index (χ3v) is 23.9. The van der Waals surface area contributed by atoms with Crippen molar-refractivity contribution in [1.29, 1.82) is 0 Å². The van der Waals surface area contributed by atoms with Gasteiger partial charge in [-0.3, -0.25) is 57.5 Å². The van der Waals surface area contributed by atoms with Gasteiger partial charge in [0.2, 0.25) is 23.6 Å². The molecule has 35 nitrogen and oxygen atoms in total. The number of esters is 4. The van der Waals surface area contributed by atoms with E-state index in [2.05, 4.69) is 21.3 Å². The number of benzene rings is 4. The third-order valence-electron chi connectivity index (χ3n) is 23.9. The summed E-state index contributed by atoms with van der Waals surface area (Å²) in [6.45, 7) is 19.9. The monoisotopic (exact) mass is 1870 g/mol.